The van der Waals surface area contributed by atoms with Gasteiger partial charge in [-0.05, 0) is 25.1 Å². The lowest BCUT2D eigenvalue weighted by Crippen LogP contribution is -2.22. The molecule has 0 spiro atoms. The molecular weight excluding hydrogens is 350 g/mol. The third-order valence-electron chi connectivity index (χ3n) is 3.96. The molecule has 0 saturated carbocycles. The molecule has 7 heteroatoms. The monoisotopic (exact) mass is 371 g/mol. The number of hydrogen-bond donors (Lipinski definition) is 1. The van der Waals surface area contributed by atoms with Crippen molar-refractivity contribution in [3.8, 4) is 17.2 Å². The minimum Gasteiger partial charge on any atom is -0.496 e. The van der Waals surface area contributed by atoms with Crippen LogP contribution in [-0.4, -0.2) is 38.8 Å². The predicted molar refractivity (Wildman–Crippen MR) is 98.5 cm³/mol. The number of methoxy groups -OCH3 is 1. The van der Waals surface area contributed by atoms with Crippen LogP contribution in [0.3, 0.4) is 0 Å². The predicted octanol–water partition coefficient (Wildman–Crippen LogP) is 2.50. The lowest BCUT2D eigenvalue weighted by molar-refractivity contribution is -0.146. The number of aryl methyl sites for hydroxylation is 1. The van der Waals surface area contributed by atoms with Crippen LogP contribution in [0.4, 0.5) is 5.69 Å². The molecule has 7 nitrogen and oxygen atoms in total. The molecule has 1 amide bonds. The molecule has 0 aromatic heterocycles. The van der Waals surface area contributed by atoms with Crippen molar-refractivity contribution >= 4 is 17.6 Å². The first-order chi connectivity index (χ1) is 13.0. The average molecular weight is 371 g/mol. The zero-order chi connectivity index (χ0) is 19.2. The van der Waals surface area contributed by atoms with Crippen molar-refractivity contribution in [1.29, 1.82) is 0 Å². The number of amides is 1. The highest BCUT2D eigenvalue weighted by Gasteiger charge is 2.15. The number of rotatable bonds is 6. The summed E-state index contributed by atoms with van der Waals surface area (Å²) in [6, 6.07) is 10.6. The number of anilines is 1. The third-order valence-corrected chi connectivity index (χ3v) is 3.96. The number of carbonyl (C=O) groups excluding carboxylic acids is 2. The molecule has 27 heavy (non-hydrogen) atoms. The molecule has 1 aliphatic heterocycles. The summed E-state index contributed by atoms with van der Waals surface area (Å²) in [4.78, 5) is 24.1. The van der Waals surface area contributed by atoms with Crippen LogP contribution in [0.2, 0.25) is 0 Å². The lowest BCUT2D eigenvalue weighted by Gasteiger charge is -2.19. The maximum Gasteiger partial charge on any atom is 0.310 e. The summed E-state index contributed by atoms with van der Waals surface area (Å²) in [5, 5.41) is 2.67. The van der Waals surface area contributed by atoms with E-state index >= 15 is 0 Å². The summed E-state index contributed by atoms with van der Waals surface area (Å²) in [7, 11) is 1.54. The molecule has 0 aliphatic carbocycles. The van der Waals surface area contributed by atoms with E-state index in [1.807, 2.05) is 19.1 Å². The Morgan fingerprint density at radius 2 is 1.85 bits per heavy atom. The molecule has 2 aromatic carbocycles. The molecule has 0 saturated heterocycles. The summed E-state index contributed by atoms with van der Waals surface area (Å²) in [5.41, 5.74) is 2.27. The van der Waals surface area contributed by atoms with E-state index in [1.165, 1.54) is 0 Å². The zero-order valence-corrected chi connectivity index (χ0v) is 15.2. The molecule has 1 aliphatic rings. The van der Waals surface area contributed by atoms with Crippen LogP contribution in [-0.2, 0) is 20.7 Å². The van der Waals surface area contributed by atoms with Gasteiger partial charge in [0, 0.05) is 17.3 Å². The second kappa shape index (κ2) is 8.44. The Morgan fingerprint density at radius 1 is 1.07 bits per heavy atom. The summed E-state index contributed by atoms with van der Waals surface area (Å²) in [6.45, 7) is 2.52. The van der Waals surface area contributed by atoms with Crippen LogP contribution in [0.5, 0.6) is 17.2 Å². The van der Waals surface area contributed by atoms with Crippen LogP contribution in [0, 0.1) is 6.92 Å². The van der Waals surface area contributed by atoms with Crippen LogP contribution in [0.25, 0.3) is 0 Å². The Bertz CT molecular complexity index is 848. The Morgan fingerprint density at radius 3 is 2.63 bits per heavy atom. The van der Waals surface area contributed by atoms with Gasteiger partial charge in [-0.1, -0.05) is 17.7 Å². The molecule has 0 atom stereocenters. The molecule has 2 aromatic rings. The minimum atomic E-state index is -0.503. The van der Waals surface area contributed by atoms with Crippen molar-refractivity contribution in [2.75, 3.05) is 32.2 Å². The number of ether oxygens (including phenoxy) is 4. The summed E-state index contributed by atoms with van der Waals surface area (Å²) < 4.78 is 21.2. The normalized spacial score (nSPS) is 12.2. The van der Waals surface area contributed by atoms with Gasteiger partial charge in [0.25, 0.3) is 5.91 Å². The van der Waals surface area contributed by atoms with E-state index in [0.717, 1.165) is 11.1 Å². The highest BCUT2D eigenvalue weighted by atomic mass is 16.6. The Hall–Kier alpha value is -3.22. The number of esters is 1. The number of nitrogens with one attached hydrogen (secondary N) is 1. The molecule has 0 fully saturated rings. The highest BCUT2D eigenvalue weighted by Crippen LogP contribution is 2.32. The van der Waals surface area contributed by atoms with Gasteiger partial charge in [-0.2, -0.15) is 0 Å². The van der Waals surface area contributed by atoms with Crippen LogP contribution in [0.1, 0.15) is 11.1 Å². The average Bonchev–Trinajstić information content (AvgIpc) is 2.66. The summed E-state index contributed by atoms with van der Waals surface area (Å²) >= 11 is 0. The maximum atomic E-state index is 12.0. The van der Waals surface area contributed by atoms with Gasteiger partial charge in [-0.15, -0.1) is 0 Å². The van der Waals surface area contributed by atoms with Gasteiger partial charge in [0.05, 0.1) is 13.5 Å². The zero-order valence-electron chi connectivity index (χ0n) is 15.2. The summed E-state index contributed by atoms with van der Waals surface area (Å²) in [6.07, 6.45) is 0.0299. The van der Waals surface area contributed by atoms with Gasteiger partial charge in [-0.25, -0.2) is 0 Å². The van der Waals surface area contributed by atoms with Gasteiger partial charge in [0.15, 0.2) is 18.1 Å². The topological polar surface area (TPSA) is 83.1 Å². The third kappa shape index (κ3) is 4.91. The Balaban J connectivity index is 1.52. The maximum absolute atomic E-state index is 12.0. The van der Waals surface area contributed by atoms with E-state index in [1.54, 1.807) is 31.4 Å². The van der Waals surface area contributed by atoms with Gasteiger partial charge >= 0.3 is 5.97 Å². The smallest absolute Gasteiger partial charge is 0.310 e. The van der Waals surface area contributed by atoms with Crippen molar-refractivity contribution in [1.82, 2.24) is 0 Å². The number of carbonyl (C=O) groups is 2. The number of fused-ring (bicyclic) bond motifs is 1. The van der Waals surface area contributed by atoms with Crippen molar-refractivity contribution in [3.63, 3.8) is 0 Å². The largest absolute Gasteiger partial charge is 0.496 e. The highest BCUT2D eigenvalue weighted by molar-refractivity contribution is 5.93. The van der Waals surface area contributed by atoms with E-state index in [4.69, 9.17) is 18.9 Å². The second-order valence-corrected chi connectivity index (χ2v) is 6.06. The standard InChI is InChI=1S/C20H21NO6/c1-13-3-5-16(24-2)14(9-13)10-20(23)27-12-19(22)21-15-4-6-17-18(11-15)26-8-7-25-17/h3-6,9,11H,7-8,10,12H2,1-2H3,(H,21,22). The molecule has 0 bridgehead atoms. The molecule has 3 rings (SSSR count). The van der Waals surface area contributed by atoms with E-state index in [9.17, 15) is 9.59 Å². The first-order valence-corrected chi connectivity index (χ1v) is 8.54. The van der Waals surface area contributed by atoms with Gasteiger partial charge < -0.3 is 24.3 Å². The van der Waals surface area contributed by atoms with E-state index in [-0.39, 0.29) is 13.0 Å². The van der Waals surface area contributed by atoms with Crippen LogP contribution < -0.4 is 19.5 Å². The molecule has 1 N–H and O–H groups in total. The van der Waals surface area contributed by atoms with Crippen molar-refractivity contribution in [3.05, 3.63) is 47.5 Å². The number of hydrogen-bond acceptors (Lipinski definition) is 6. The second-order valence-electron chi connectivity index (χ2n) is 6.06. The molecule has 142 valence electrons. The molecule has 1 heterocycles. The lowest BCUT2D eigenvalue weighted by atomic mass is 10.1. The fourth-order valence-corrected chi connectivity index (χ4v) is 2.72. The Kier molecular flexibility index (Phi) is 5.80. The van der Waals surface area contributed by atoms with E-state index in [0.29, 0.717) is 36.1 Å². The van der Waals surface area contributed by atoms with Crippen molar-refractivity contribution in [2.45, 2.75) is 13.3 Å². The van der Waals surface area contributed by atoms with E-state index < -0.39 is 11.9 Å². The van der Waals surface area contributed by atoms with Crippen molar-refractivity contribution < 1.29 is 28.5 Å². The first-order valence-electron chi connectivity index (χ1n) is 8.54. The van der Waals surface area contributed by atoms with Gasteiger partial charge in [-0.3, -0.25) is 9.59 Å². The van der Waals surface area contributed by atoms with E-state index in [2.05, 4.69) is 5.32 Å². The molecular formula is C20H21NO6. The Labute approximate surface area is 157 Å². The first kappa shape index (κ1) is 18.6. The molecule has 0 unspecified atom stereocenters. The SMILES string of the molecule is COc1ccc(C)cc1CC(=O)OCC(=O)Nc1ccc2c(c1)OCCO2. The summed E-state index contributed by atoms with van der Waals surface area (Å²) in [5.74, 6) is 0.881. The number of benzene rings is 2. The minimum absolute atomic E-state index is 0.0299. The molecule has 0 radical (unpaired) electrons. The van der Waals surface area contributed by atoms with Crippen LogP contribution in [0.15, 0.2) is 36.4 Å². The fourth-order valence-electron chi connectivity index (χ4n) is 2.72. The van der Waals surface area contributed by atoms with Crippen molar-refractivity contribution in [2.24, 2.45) is 0 Å². The fraction of sp³-hybridized carbons (Fsp3) is 0.300. The van der Waals surface area contributed by atoms with Gasteiger partial charge in [0.2, 0.25) is 0 Å². The van der Waals surface area contributed by atoms with Crippen LogP contribution >= 0.6 is 0 Å². The quantitative estimate of drug-likeness (QED) is 0.786. The van der Waals surface area contributed by atoms with Gasteiger partial charge in [0.1, 0.15) is 19.0 Å².